The standard InChI is InChI=1S/C21H23N3O3S2/c1-14(18-5-4-6-19(12-18)29(22,26)27)24(3)21(25)11-16-7-9-17(10-8-16)20-13-28-15(2)23-20/h4-10,12-14H,11H2,1-3H3,(H2,22,26,27). The maximum atomic E-state index is 12.7. The first kappa shape index (κ1) is 21.2. The summed E-state index contributed by atoms with van der Waals surface area (Å²) < 4.78 is 23.2. The van der Waals surface area contributed by atoms with Crippen molar-refractivity contribution in [1.82, 2.24) is 9.88 Å². The highest BCUT2D eigenvalue weighted by atomic mass is 32.2. The molecule has 0 saturated carbocycles. The molecule has 1 amide bonds. The predicted octanol–water partition coefficient (Wildman–Crippen LogP) is 3.53. The first-order valence-electron chi connectivity index (χ1n) is 9.05. The number of hydrogen-bond acceptors (Lipinski definition) is 5. The van der Waals surface area contributed by atoms with Crippen molar-refractivity contribution in [2.45, 2.75) is 31.2 Å². The molecule has 1 unspecified atom stereocenters. The Bertz CT molecular complexity index is 1120. The fraction of sp³-hybridized carbons (Fsp3) is 0.238. The van der Waals surface area contributed by atoms with Crippen LogP contribution >= 0.6 is 11.3 Å². The van der Waals surface area contributed by atoms with Gasteiger partial charge in [-0.1, -0.05) is 36.4 Å². The Morgan fingerprint density at radius 2 is 1.90 bits per heavy atom. The molecule has 8 heteroatoms. The molecule has 1 aromatic heterocycles. The van der Waals surface area contributed by atoms with E-state index in [1.54, 1.807) is 35.4 Å². The molecule has 3 aromatic rings. The second kappa shape index (κ2) is 8.44. The van der Waals surface area contributed by atoms with E-state index < -0.39 is 10.0 Å². The first-order chi connectivity index (χ1) is 13.6. The SMILES string of the molecule is Cc1nc(-c2ccc(CC(=O)N(C)C(C)c3cccc(S(N)(=O)=O)c3)cc2)cs1. The van der Waals surface area contributed by atoms with Crippen LogP contribution in [0.5, 0.6) is 0 Å². The van der Waals surface area contributed by atoms with Gasteiger partial charge in [-0.25, -0.2) is 18.5 Å². The molecule has 0 aliphatic heterocycles. The minimum Gasteiger partial charge on any atom is -0.339 e. The zero-order valence-corrected chi connectivity index (χ0v) is 18.1. The van der Waals surface area contributed by atoms with E-state index in [0.717, 1.165) is 21.8 Å². The maximum Gasteiger partial charge on any atom is 0.238 e. The van der Waals surface area contributed by atoms with Crippen LogP contribution in [-0.4, -0.2) is 31.3 Å². The highest BCUT2D eigenvalue weighted by Gasteiger charge is 2.19. The lowest BCUT2D eigenvalue weighted by molar-refractivity contribution is -0.131. The summed E-state index contributed by atoms with van der Waals surface area (Å²) in [5.41, 5.74) is 3.57. The molecule has 6 nitrogen and oxygen atoms in total. The van der Waals surface area contributed by atoms with Gasteiger partial charge in [-0.2, -0.15) is 0 Å². The van der Waals surface area contributed by atoms with Crippen LogP contribution in [0.3, 0.4) is 0 Å². The number of aromatic nitrogens is 1. The smallest absolute Gasteiger partial charge is 0.238 e. The van der Waals surface area contributed by atoms with Crippen LogP contribution in [0, 0.1) is 6.92 Å². The molecular weight excluding hydrogens is 406 g/mol. The van der Waals surface area contributed by atoms with Crippen molar-refractivity contribution in [2.75, 3.05) is 7.05 Å². The van der Waals surface area contributed by atoms with Crippen molar-refractivity contribution in [1.29, 1.82) is 0 Å². The first-order valence-corrected chi connectivity index (χ1v) is 11.5. The number of thiazole rings is 1. The number of carbonyl (C=O) groups excluding carboxylic acids is 1. The molecular formula is C21H23N3O3S2. The lowest BCUT2D eigenvalue weighted by atomic mass is 10.0. The number of amides is 1. The molecule has 0 bridgehead atoms. The monoisotopic (exact) mass is 429 g/mol. The zero-order valence-electron chi connectivity index (χ0n) is 16.5. The van der Waals surface area contributed by atoms with E-state index in [-0.39, 0.29) is 23.3 Å². The second-order valence-electron chi connectivity index (χ2n) is 6.92. The van der Waals surface area contributed by atoms with Gasteiger partial charge < -0.3 is 4.90 Å². The van der Waals surface area contributed by atoms with Gasteiger partial charge in [-0.05, 0) is 37.1 Å². The quantitative estimate of drug-likeness (QED) is 0.649. The van der Waals surface area contributed by atoms with Crippen molar-refractivity contribution < 1.29 is 13.2 Å². The van der Waals surface area contributed by atoms with Crippen LogP contribution in [-0.2, 0) is 21.2 Å². The van der Waals surface area contributed by atoms with Crippen LogP contribution in [0.2, 0.25) is 0 Å². The summed E-state index contributed by atoms with van der Waals surface area (Å²) in [6, 6.07) is 13.9. The van der Waals surface area contributed by atoms with Crippen LogP contribution < -0.4 is 5.14 Å². The lowest BCUT2D eigenvalue weighted by Gasteiger charge is -2.26. The number of carbonyl (C=O) groups is 1. The van der Waals surface area contributed by atoms with Crippen LogP contribution in [0.1, 0.15) is 29.1 Å². The van der Waals surface area contributed by atoms with Gasteiger partial charge in [-0.15, -0.1) is 11.3 Å². The third-order valence-corrected chi connectivity index (χ3v) is 6.55. The van der Waals surface area contributed by atoms with Gasteiger partial charge in [0, 0.05) is 18.0 Å². The summed E-state index contributed by atoms with van der Waals surface area (Å²) in [6.07, 6.45) is 0.256. The number of primary sulfonamides is 1. The molecule has 1 atom stereocenters. The largest absolute Gasteiger partial charge is 0.339 e. The average Bonchev–Trinajstić information content (AvgIpc) is 3.13. The number of hydrogen-bond donors (Lipinski definition) is 1. The number of nitrogens with two attached hydrogens (primary N) is 1. The van der Waals surface area contributed by atoms with E-state index >= 15 is 0 Å². The summed E-state index contributed by atoms with van der Waals surface area (Å²) in [5, 5.41) is 8.24. The molecule has 3 rings (SSSR count). The van der Waals surface area contributed by atoms with E-state index in [0.29, 0.717) is 5.56 Å². The van der Waals surface area contributed by atoms with Crippen molar-refractivity contribution >= 4 is 27.3 Å². The normalized spacial score (nSPS) is 12.6. The Labute approximate surface area is 175 Å². The summed E-state index contributed by atoms with van der Waals surface area (Å²) in [7, 11) is -2.08. The average molecular weight is 430 g/mol. The van der Waals surface area contributed by atoms with E-state index in [2.05, 4.69) is 4.98 Å². The number of rotatable bonds is 6. The van der Waals surface area contributed by atoms with Crippen LogP contribution in [0.25, 0.3) is 11.3 Å². The molecule has 29 heavy (non-hydrogen) atoms. The highest BCUT2D eigenvalue weighted by Crippen LogP contribution is 2.24. The van der Waals surface area contributed by atoms with Crippen molar-refractivity contribution in [2.24, 2.45) is 5.14 Å². The molecule has 0 aliphatic carbocycles. The molecule has 152 valence electrons. The summed E-state index contributed by atoms with van der Waals surface area (Å²) in [6.45, 7) is 3.82. The van der Waals surface area contributed by atoms with Crippen molar-refractivity contribution in [3.8, 4) is 11.3 Å². The minimum atomic E-state index is -3.79. The predicted molar refractivity (Wildman–Crippen MR) is 115 cm³/mol. The summed E-state index contributed by atoms with van der Waals surface area (Å²) in [4.78, 5) is 18.9. The Morgan fingerprint density at radius 3 is 2.48 bits per heavy atom. The molecule has 1 heterocycles. The fourth-order valence-electron chi connectivity index (χ4n) is 2.98. The van der Waals surface area contributed by atoms with Crippen LogP contribution in [0.4, 0.5) is 0 Å². The Kier molecular flexibility index (Phi) is 6.16. The van der Waals surface area contributed by atoms with Gasteiger partial charge in [-0.3, -0.25) is 4.79 Å². The molecule has 0 saturated heterocycles. The molecule has 0 fully saturated rings. The van der Waals surface area contributed by atoms with E-state index in [1.165, 1.54) is 12.1 Å². The third kappa shape index (κ3) is 5.09. The topological polar surface area (TPSA) is 93.4 Å². The van der Waals surface area contributed by atoms with Gasteiger partial charge in [0.25, 0.3) is 0 Å². The number of benzene rings is 2. The number of sulfonamides is 1. The molecule has 0 aliphatic rings. The highest BCUT2D eigenvalue weighted by molar-refractivity contribution is 7.89. The van der Waals surface area contributed by atoms with Gasteiger partial charge in [0.2, 0.25) is 15.9 Å². The summed E-state index contributed by atoms with van der Waals surface area (Å²) in [5.74, 6) is -0.0595. The second-order valence-corrected chi connectivity index (χ2v) is 9.55. The van der Waals surface area contributed by atoms with Gasteiger partial charge in [0.05, 0.1) is 28.1 Å². The summed E-state index contributed by atoms with van der Waals surface area (Å²) >= 11 is 1.60. The Hall–Kier alpha value is -2.55. The zero-order chi connectivity index (χ0) is 21.2. The van der Waals surface area contributed by atoms with Gasteiger partial charge >= 0.3 is 0 Å². The molecule has 2 N–H and O–H groups in total. The number of likely N-dealkylation sites (N-methyl/N-ethyl adjacent to an activating group) is 1. The lowest BCUT2D eigenvalue weighted by Crippen LogP contribution is -2.31. The fourth-order valence-corrected chi connectivity index (χ4v) is 4.17. The molecule has 0 radical (unpaired) electrons. The third-order valence-electron chi connectivity index (χ3n) is 4.87. The van der Waals surface area contributed by atoms with E-state index in [4.69, 9.17) is 5.14 Å². The molecule has 0 spiro atoms. The maximum absolute atomic E-state index is 12.7. The molecule has 2 aromatic carbocycles. The Balaban J connectivity index is 1.70. The van der Waals surface area contributed by atoms with E-state index in [9.17, 15) is 13.2 Å². The van der Waals surface area contributed by atoms with Crippen molar-refractivity contribution in [3.63, 3.8) is 0 Å². The Morgan fingerprint density at radius 1 is 1.21 bits per heavy atom. The van der Waals surface area contributed by atoms with Crippen LogP contribution in [0.15, 0.2) is 58.8 Å². The number of nitrogens with zero attached hydrogens (tertiary/aromatic N) is 2. The van der Waals surface area contributed by atoms with E-state index in [1.807, 2.05) is 43.5 Å². The van der Waals surface area contributed by atoms with Crippen molar-refractivity contribution in [3.05, 3.63) is 70.0 Å². The van der Waals surface area contributed by atoms with Gasteiger partial charge in [0.1, 0.15) is 0 Å². The van der Waals surface area contributed by atoms with Gasteiger partial charge in [0.15, 0.2) is 0 Å². The number of aryl methyl sites for hydroxylation is 1. The minimum absolute atomic E-state index is 0.0376.